The molecule has 0 amide bonds. The maximum atomic E-state index is 9.54. The number of phenols is 2. The van der Waals surface area contributed by atoms with Crippen LogP contribution in [0.5, 0.6) is 11.5 Å². The Morgan fingerprint density at radius 2 is 1.12 bits per heavy atom. The van der Waals surface area contributed by atoms with Gasteiger partial charge in [-0.2, -0.15) is 0 Å². The Labute approximate surface area is 151 Å². The van der Waals surface area contributed by atoms with Crippen LogP contribution in [0, 0.1) is 0 Å². The number of rotatable bonds is 3. The van der Waals surface area contributed by atoms with Crippen LogP contribution in [0.25, 0.3) is 33.6 Å². The van der Waals surface area contributed by atoms with E-state index in [0.717, 1.165) is 33.6 Å². The molecule has 4 rings (SSSR count). The van der Waals surface area contributed by atoms with E-state index in [1.807, 2.05) is 54.7 Å². The van der Waals surface area contributed by atoms with Crippen molar-refractivity contribution >= 4 is 0 Å². The van der Waals surface area contributed by atoms with Crippen LogP contribution in [0.1, 0.15) is 0 Å². The van der Waals surface area contributed by atoms with Crippen molar-refractivity contribution in [2.75, 3.05) is 0 Å². The lowest BCUT2D eigenvalue weighted by Gasteiger charge is -2.10. The van der Waals surface area contributed by atoms with E-state index in [-0.39, 0.29) is 11.5 Å². The van der Waals surface area contributed by atoms with Gasteiger partial charge in [-0.25, -0.2) is 4.98 Å². The zero-order valence-electron chi connectivity index (χ0n) is 13.9. The molecule has 0 spiro atoms. The molecule has 2 aromatic carbocycles. The molecular weight excluding hydrogens is 324 g/mol. The minimum absolute atomic E-state index is 0.218. The lowest BCUT2D eigenvalue weighted by molar-refractivity contribution is 0.475. The van der Waals surface area contributed by atoms with Crippen molar-refractivity contribution in [1.29, 1.82) is 0 Å². The number of nitrogens with zero attached hydrogens (tertiary/aromatic N) is 2. The summed E-state index contributed by atoms with van der Waals surface area (Å²) >= 11 is 0. The third-order valence-corrected chi connectivity index (χ3v) is 4.15. The average Bonchev–Trinajstić information content (AvgIpc) is 2.69. The number of aromatic nitrogens is 2. The first-order valence-corrected chi connectivity index (χ1v) is 8.20. The first-order valence-electron chi connectivity index (χ1n) is 8.20. The summed E-state index contributed by atoms with van der Waals surface area (Å²) in [5.74, 6) is 0.437. The quantitative estimate of drug-likeness (QED) is 0.557. The fourth-order valence-corrected chi connectivity index (χ4v) is 2.79. The lowest BCUT2D eigenvalue weighted by atomic mass is 10.0. The molecule has 0 fully saturated rings. The second-order valence-electron chi connectivity index (χ2n) is 5.96. The summed E-state index contributed by atoms with van der Waals surface area (Å²) in [7, 11) is 0. The summed E-state index contributed by atoms with van der Waals surface area (Å²) in [4.78, 5) is 8.98. The maximum Gasteiger partial charge on any atom is 0.115 e. The number of pyridine rings is 2. The number of phenolic OH excluding ortho intramolecular Hbond substituents is 2. The van der Waals surface area contributed by atoms with E-state index in [4.69, 9.17) is 4.98 Å². The Morgan fingerprint density at radius 3 is 1.58 bits per heavy atom. The van der Waals surface area contributed by atoms with Crippen molar-refractivity contribution in [3.63, 3.8) is 0 Å². The summed E-state index contributed by atoms with van der Waals surface area (Å²) in [5, 5.41) is 19.1. The predicted molar refractivity (Wildman–Crippen MR) is 102 cm³/mol. The van der Waals surface area contributed by atoms with E-state index in [0.29, 0.717) is 0 Å². The second kappa shape index (κ2) is 6.69. The van der Waals surface area contributed by atoms with Gasteiger partial charge in [0, 0.05) is 29.1 Å². The first kappa shape index (κ1) is 15.8. The summed E-state index contributed by atoms with van der Waals surface area (Å²) in [5.41, 5.74) is 5.42. The topological polar surface area (TPSA) is 66.2 Å². The van der Waals surface area contributed by atoms with E-state index < -0.39 is 0 Å². The minimum Gasteiger partial charge on any atom is -0.508 e. The summed E-state index contributed by atoms with van der Waals surface area (Å²) in [6.45, 7) is 0. The number of hydrogen-bond donors (Lipinski definition) is 2. The van der Waals surface area contributed by atoms with Gasteiger partial charge < -0.3 is 10.2 Å². The van der Waals surface area contributed by atoms with Gasteiger partial charge in [-0.1, -0.05) is 6.07 Å². The molecule has 4 aromatic rings. The highest BCUT2D eigenvalue weighted by atomic mass is 16.3. The van der Waals surface area contributed by atoms with Crippen LogP contribution in [0.3, 0.4) is 0 Å². The van der Waals surface area contributed by atoms with Crippen LogP contribution in [0.4, 0.5) is 0 Å². The molecule has 0 atom stereocenters. The molecule has 2 heterocycles. The molecule has 0 saturated carbocycles. The van der Waals surface area contributed by atoms with E-state index in [2.05, 4.69) is 4.98 Å². The van der Waals surface area contributed by atoms with Gasteiger partial charge in [0.05, 0.1) is 11.4 Å². The smallest absolute Gasteiger partial charge is 0.115 e. The second-order valence-corrected chi connectivity index (χ2v) is 5.96. The number of aromatic hydroxyl groups is 2. The molecule has 0 unspecified atom stereocenters. The molecule has 4 heteroatoms. The Morgan fingerprint density at radius 1 is 0.577 bits per heavy atom. The highest BCUT2D eigenvalue weighted by Crippen LogP contribution is 2.31. The minimum atomic E-state index is 0.218. The molecule has 2 N–H and O–H groups in total. The third-order valence-electron chi connectivity index (χ3n) is 4.15. The van der Waals surface area contributed by atoms with E-state index in [9.17, 15) is 10.2 Å². The van der Waals surface area contributed by atoms with Gasteiger partial charge in [0.2, 0.25) is 0 Å². The van der Waals surface area contributed by atoms with Gasteiger partial charge >= 0.3 is 0 Å². The highest BCUT2D eigenvalue weighted by Gasteiger charge is 2.09. The van der Waals surface area contributed by atoms with Gasteiger partial charge in [0.25, 0.3) is 0 Å². The van der Waals surface area contributed by atoms with E-state index >= 15 is 0 Å². The predicted octanol–water partition coefficient (Wildman–Crippen LogP) is 4.89. The fourth-order valence-electron chi connectivity index (χ4n) is 2.79. The average molecular weight is 340 g/mol. The van der Waals surface area contributed by atoms with Crippen LogP contribution < -0.4 is 0 Å². The summed E-state index contributed by atoms with van der Waals surface area (Å²) in [6.07, 6.45) is 3.56. The Hall–Kier alpha value is -3.66. The monoisotopic (exact) mass is 340 g/mol. The largest absolute Gasteiger partial charge is 0.508 e. The molecule has 0 saturated heterocycles. The number of hydrogen-bond acceptors (Lipinski definition) is 4. The molecule has 0 bridgehead atoms. The molecule has 26 heavy (non-hydrogen) atoms. The first-order chi connectivity index (χ1) is 12.7. The van der Waals surface area contributed by atoms with Crippen molar-refractivity contribution in [3.05, 3.63) is 85.2 Å². The van der Waals surface area contributed by atoms with Gasteiger partial charge in [0.1, 0.15) is 11.5 Å². The van der Waals surface area contributed by atoms with Crippen molar-refractivity contribution < 1.29 is 10.2 Å². The van der Waals surface area contributed by atoms with Crippen LogP contribution in [-0.4, -0.2) is 20.2 Å². The van der Waals surface area contributed by atoms with Crippen LogP contribution in [0.15, 0.2) is 85.2 Å². The molecule has 0 aliphatic heterocycles. The van der Waals surface area contributed by atoms with Crippen molar-refractivity contribution in [1.82, 2.24) is 9.97 Å². The zero-order chi connectivity index (χ0) is 17.9. The Kier molecular flexibility index (Phi) is 4.07. The van der Waals surface area contributed by atoms with Gasteiger partial charge in [-0.05, 0) is 72.3 Å². The van der Waals surface area contributed by atoms with Gasteiger partial charge in [-0.15, -0.1) is 0 Å². The maximum absolute atomic E-state index is 9.54. The molecule has 0 radical (unpaired) electrons. The summed E-state index contributed by atoms with van der Waals surface area (Å²) in [6, 6.07) is 21.9. The lowest BCUT2D eigenvalue weighted by Crippen LogP contribution is -1.91. The molecule has 2 aromatic heterocycles. The van der Waals surface area contributed by atoms with Crippen molar-refractivity contribution in [2.45, 2.75) is 0 Å². The van der Waals surface area contributed by atoms with Crippen molar-refractivity contribution in [2.24, 2.45) is 0 Å². The number of benzene rings is 2. The molecular formula is C22H16N2O2. The molecule has 126 valence electrons. The standard InChI is InChI=1S/C22H16N2O2/c25-19-7-3-15(4-8-19)21-12-18(17-2-1-11-23-14-17)13-22(24-21)16-5-9-20(26)10-6-16/h1-14,25-26H. The molecule has 0 aliphatic carbocycles. The molecule has 0 aliphatic rings. The third kappa shape index (κ3) is 3.26. The Bertz CT molecular complexity index is 964. The van der Waals surface area contributed by atoms with E-state index in [1.165, 1.54) is 0 Å². The van der Waals surface area contributed by atoms with Crippen LogP contribution in [-0.2, 0) is 0 Å². The highest BCUT2D eigenvalue weighted by molar-refractivity contribution is 5.76. The zero-order valence-corrected chi connectivity index (χ0v) is 13.9. The van der Waals surface area contributed by atoms with E-state index in [1.54, 1.807) is 30.5 Å². The summed E-state index contributed by atoms with van der Waals surface area (Å²) < 4.78 is 0. The van der Waals surface area contributed by atoms with Crippen LogP contribution >= 0.6 is 0 Å². The van der Waals surface area contributed by atoms with Gasteiger partial charge in [-0.3, -0.25) is 4.98 Å². The normalized spacial score (nSPS) is 10.6. The van der Waals surface area contributed by atoms with Crippen LogP contribution in [0.2, 0.25) is 0 Å². The fraction of sp³-hybridized carbons (Fsp3) is 0. The Balaban J connectivity index is 1.89. The van der Waals surface area contributed by atoms with Crippen molar-refractivity contribution in [3.8, 4) is 45.1 Å². The SMILES string of the molecule is Oc1ccc(-c2cc(-c3cccnc3)cc(-c3ccc(O)cc3)n2)cc1. The van der Waals surface area contributed by atoms with Gasteiger partial charge in [0.15, 0.2) is 0 Å². The molecule has 4 nitrogen and oxygen atoms in total.